The molecule has 1 aromatic carbocycles. The summed E-state index contributed by atoms with van der Waals surface area (Å²) in [6, 6.07) is 9.63. The molecule has 0 atom stereocenters. The first-order valence-corrected chi connectivity index (χ1v) is 8.88. The first-order chi connectivity index (χ1) is 9.90. The highest BCUT2D eigenvalue weighted by atomic mass is 28.3. The van der Waals surface area contributed by atoms with Gasteiger partial charge < -0.3 is 4.46 Å². The van der Waals surface area contributed by atoms with Crippen LogP contribution in [0.4, 0.5) is 0 Å². The van der Waals surface area contributed by atoms with Crippen molar-refractivity contribution in [3.05, 3.63) is 35.4 Å². The van der Waals surface area contributed by atoms with E-state index in [-0.39, 0.29) is 5.04 Å². The zero-order valence-electron chi connectivity index (χ0n) is 13.0. The van der Waals surface area contributed by atoms with Gasteiger partial charge in [0, 0.05) is 10.7 Å². The minimum Gasteiger partial charge on any atom is -0.357 e. The van der Waals surface area contributed by atoms with E-state index in [0.717, 1.165) is 30.0 Å². The van der Waals surface area contributed by atoms with E-state index in [1.165, 1.54) is 12.8 Å². The summed E-state index contributed by atoms with van der Waals surface area (Å²) in [5, 5.41) is 8.75. The van der Waals surface area contributed by atoms with Gasteiger partial charge in [-0.3, -0.25) is 4.66 Å². The smallest absolute Gasteiger partial charge is 0.357 e. The van der Waals surface area contributed by atoms with Crippen LogP contribution in [0.15, 0.2) is 28.9 Å². The van der Waals surface area contributed by atoms with Crippen molar-refractivity contribution in [2.75, 3.05) is 0 Å². The summed E-state index contributed by atoms with van der Waals surface area (Å²) in [6.45, 7) is 5.88. The molecule has 0 N–H and O–H groups in total. The fourth-order valence-corrected chi connectivity index (χ4v) is 2.89. The van der Waals surface area contributed by atoms with Crippen LogP contribution in [0.2, 0.25) is 5.04 Å². The van der Waals surface area contributed by atoms with Crippen molar-refractivity contribution in [3.63, 3.8) is 0 Å². The van der Waals surface area contributed by atoms with Gasteiger partial charge in [-0.1, -0.05) is 45.7 Å². The number of benzene rings is 1. The van der Waals surface area contributed by atoms with E-state index in [9.17, 15) is 4.46 Å². The van der Waals surface area contributed by atoms with Crippen LogP contribution < -0.4 is 0 Å². The molecule has 0 aliphatic heterocycles. The van der Waals surface area contributed by atoms with Crippen molar-refractivity contribution in [2.45, 2.75) is 51.5 Å². The normalized spacial score (nSPS) is 15.6. The van der Waals surface area contributed by atoms with E-state index in [4.69, 9.17) is 5.26 Å². The summed E-state index contributed by atoms with van der Waals surface area (Å²) in [6.07, 6.45) is 4.57. The molecule has 0 unspecified atom stereocenters. The quantitative estimate of drug-likeness (QED) is 0.602. The lowest BCUT2D eigenvalue weighted by molar-refractivity contribution is 0.526. The van der Waals surface area contributed by atoms with Crippen molar-refractivity contribution in [2.24, 2.45) is 10.6 Å². The Morgan fingerprint density at radius 3 is 2.71 bits per heavy atom. The largest absolute Gasteiger partial charge is 0.424 e. The third kappa shape index (κ3) is 4.71. The van der Waals surface area contributed by atoms with Gasteiger partial charge in [0.15, 0.2) is 0 Å². The Balaban J connectivity index is 2.27. The average Bonchev–Trinajstić information content (AvgIpc) is 3.26. The van der Waals surface area contributed by atoms with Crippen LogP contribution in [-0.2, 0) is 4.46 Å². The summed E-state index contributed by atoms with van der Waals surface area (Å²) in [4.78, 5) is 0. The molecule has 0 aromatic heterocycles. The van der Waals surface area contributed by atoms with Crippen LogP contribution in [0.3, 0.4) is 0 Å². The van der Waals surface area contributed by atoms with Crippen molar-refractivity contribution >= 4 is 14.6 Å². The SMILES string of the molecule is CC(C)(C)[Si](=O)N=C(CCC1CC1)c1cccc(C#N)c1. The van der Waals surface area contributed by atoms with Gasteiger partial charge in [0.05, 0.1) is 11.6 Å². The molecule has 0 saturated heterocycles. The Morgan fingerprint density at radius 2 is 2.14 bits per heavy atom. The molecule has 3 nitrogen and oxygen atoms in total. The Hall–Kier alpha value is -1.60. The summed E-state index contributed by atoms with van der Waals surface area (Å²) in [5.41, 5.74) is 2.47. The van der Waals surface area contributed by atoms with E-state index in [1.54, 1.807) is 6.07 Å². The van der Waals surface area contributed by atoms with E-state index >= 15 is 0 Å². The van der Waals surface area contributed by atoms with Gasteiger partial charge in [-0.15, -0.1) is 0 Å². The van der Waals surface area contributed by atoms with Crippen LogP contribution in [0.5, 0.6) is 0 Å². The predicted molar refractivity (Wildman–Crippen MR) is 85.8 cm³/mol. The lowest BCUT2D eigenvalue weighted by atomic mass is 10.0. The van der Waals surface area contributed by atoms with Gasteiger partial charge in [0.1, 0.15) is 0 Å². The van der Waals surface area contributed by atoms with Gasteiger partial charge >= 0.3 is 8.84 Å². The third-order valence-corrected chi connectivity index (χ3v) is 5.45. The number of hydrogen-bond acceptors (Lipinski definition) is 2. The molecule has 1 fully saturated rings. The molecule has 2 rings (SSSR count). The van der Waals surface area contributed by atoms with Crippen molar-refractivity contribution < 1.29 is 4.46 Å². The summed E-state index contributed by atoms with van der Waals surface area (Å²) < 4.78 is 16.9. The molecule has 4 heteroatoms. The van der Waals surface area contributed by atoms with Crippen LogP contribution in [0.25, 0.3) is 0 Å². The zero-order chi connectivity index (χ0) is 15.5. The molecule has 1 aliphatic rings. The van der Waals surface area contributed by atoms with E-state index < -0.39 is 8.84 Å². The number of nitrogens with zero attached hydrogens (tertiary/aromatic N) is 2. The van der Waals surface area contributed by atoms with E-state index in [2.05, 4.69) is 10.7 Å². The Kier molecular flexibility index (Phi) is 4.84. The molecule has 110 valence electrons. The topological polar surface area (TPSA) is 53.2 Å². The van der Waals surface area contributed by atoms with E-state index in [0.29, 0.717) is 5.56 Å². The lowest BCUT2D eigenvalue weighted by Gasteiger charge is -2.13. The van der Waals surface area contributed by atoms with Crippen molar-refractivity contribution in [1.29, 1.82) is 5.26 Å². The second kappa shape index (κ2) is 6.44. The standard InChI is InChI=1S/C17H22N2OSi/c1-17(2,3)21(20)19-16(10-9-13-7-8-13)15-6-4-5-14(11-15)12-18/h4-6,11,13H,7-10H2,1-3H3. The molecule has 1 aromatic rings. The average molecular weight is 298 g/mol. The monoisotopic (exact) mass is 298 g/mol. The predicted octanol–water partition coefficient (Wildman–Crippen LogP) is 4.26. The Labute approximate surface area is 128 Å². The van der Waals surface area contributed by atoms with Gasteiger partial charge in [-0.25, -0.2) is 0 Å². The minimum absolute atomic E-state index is 0.289. The molecule has 0 heterocycles. The first-order valence-electron chi connectivity index (χ1n) is 7.52. The van der Waals surface area contributed by atoms with E-state index in [1.807, 2.05) is 39.0 Å². The number of nitriles is 1. The van der Waals surface area contributed by atoms with Crippen molar-refractivity contribution in [3.8, 4) is 6.07 Å². The molecule has 0 bridgehead atoms. The molecular formula is C17H22N2OSi. The fourth-order valence-electron chi connectivity index (χ4n) is 2.07. The molecule has 1 aliphatic carbocycles. The minimum atomic E-state index is -2.04. The molecule has 0 amide bonds. The highest BCUT2D eigenvalue weighted by Gasteiger charge is 2.26. The maximum Gasteiger partial charge on any atom is 0.424 e. The summed E-state index contributed by atoms with van der Waals surface area (Å²) in [5.74, 6) is 0.811. The number of hydrogen-bond donors (Lipinski definition) is 0. The highest BCUT2D eigenvalue weighted by Crippen LogP contribution is 2.34. The first kappa shape index (κ1) is 15.8. The molecule has 0 radical (unpaired) electrons. The lowest BCUT2D eigenvalue weighted by Crippen LogP contribution is -2.17. The maximum atomic E-state index is 12.4. The van der Waals surface area contributed by atoms with Gasteiger partial charge in [-0.05, 0) is 36.5 Å². The Morgan fingerprint density at radius 1 is 1.43 bits per heavy atom. The molecule has 1 saturated carbocycles. The molecule has 0 spiro atoms. The van der Waals surface area contributed by atoms with Gasteiger partial charge in [0.2, 0.25) is 0 Å². The van der Waals surface area contributed by atoms with Crippen LogP contribution in [-0.4, -0.2) is 14.6 Å². The van der Waals surface area contributed by atoms with Crippen LogP contribution in [0, 0.1) is 17.2 Å². The van der Waals surface area contributed by atoms with Gasteiger partial charge in [0.25, 0.3) is 0 Å². The zero-order valence-corrected chi connectivity index (χ0v) is 14.0. The molecule has 21 heavy (non-hydrogen) atoms. The highest BCUT2D eigenvalue weighted by molar-refractivity contribution is 6.47. The molecular weight excluding hydrogens is 276 g/mol. The summed E-state index contributed by atoms with van der Waals surface area (Å²) >= 11 is 0. The summed E-state index contributed by atoms with van der Waals surface area (Å²) in [7, 11) is -2.04. The fraction of sp³-hybridized carbons (Fsp3) is 0.529. The van der Waals surface area contributed by atoms with Gasteiger partial charge in [-0.2, -0.15) is 5.26 Å². The Bertz CT molecular complexity index is 604. The second-order valence-corrected chi connectivity index (χ2v) is 9.12. The number of rotatable bonds is 5. The second-order valence-electron chi connectivity index (χ2n) is 6.79. The van der Waals surface area contributed by atoms with Crippen molar-refractivity contribution in [1.82, 2.24) is 0 Å². The maximum absolute atomic E-state index is 12.4. The van der Waals surface area contributed by atoms with Crippen LogP contribution in [0.1, 0.15) is 57.6 Å². The third-order valence-electron chi connectivity index (χ3n) is 3.69. The van der Waals surface area contributed by atoms with Crippen LogP contribution >= 0.6 is 0 Å².